The van der Waals surface area contributed by atoms with Gasteiger partial charge in [-0.15, -0.1) is 0 Å². The minimum atomic E-state index is -0.558. The Morgan fingerprint density at radius 3 is 2.14 bits per heavy atom. The Hall–Kier alpha value is 0.310. The van der Waals surface area contributed by atoms with E-state index in [0.717, 1.165) is 5.75 Å². The molecule has 1 rings (SSSR count). The molecule has 0 amide bonds. The lowest BCUT2D eigenvalue weighted by Gasteiger charge is -2.36. The van der Waals surface area contributed by atoms with Crippen molar-refractivity contribution < 1.29 is 4.55 Å². The first kappa shape index (κ1) is 5.45. The molecule has 0 aromatic heterocycles. The molecule has 2 heteroatoms. The standard InChI is InChI=1S/C5H9OS/c1-5(2)3-4-7(5)6/h3H,4H2,1-2H3. The van der Waals surface area contributed by atoms with Gasteiger partial charge in [-0.2, -0.15) is 0 Å². The molecule has 0 saturated carbocycles. The van der Waals surface area contributed by atoms with Crippen LogP contribution in [0, 0.1) is 6.42 Å². The van der Waals surface area contributed by atoms with E-state index in [-0.39, 0.29) is 4.75 Å². The molecule has 1 saturated heterocycles. The summed E-state index contributed by atoms with van der Waals surface area (Å²) in [6, 6.07) is 0. The van der Waals surface area contributed by atoms with E-state index < -0.39 is 11.2 Å². The Labute approximate surface area is 47.3 Å². The maximum absolute atomic E-state index is 10.6. The number of hydrogen-bond acceptors (Lipinski definition) is 1. The van der Waals surface area contributed by atoms with Gasteiger partial charge in [-0.1, -0.05) is 0 Å². The predicted molar refractivity (Wildman–Crippen MR) is 31.4 cm³/mol. The molecular formula is C5H9OS. The first-order valence-corrected chi connectivity index (χ1v) is 3.68. The van der Waals surface area contributed by atoms with Crippen molar-refractivity contribution in [3.63, 3.8) is 0 Å². The summed E-state index contributed by atoms with van der Waals surface area (Å²) in [5, 5.41) is 0. The van der Waals surface area contributed by atoms with Gasteiger partial charge in [0.2, 0.25) is 0 Å². The Balaban J connectivity index is 2.43. The van der Waals surface area contributed by atoms with Crippen molar-refractivity contribution in [3.05, 3.63) is 6.42 Å². The molecule has 0 spiro atoms. The van der Waals surface area contributed by atoms with Crippen LogP contribution < -0.4 is 0 Å². The molecule has 1 nitrogen and oxygen atoms in total. The van der Waals surface area contributed by atoms with Crippen LogP contribution in [-0.4, -0.2) is 15.1 Å². The van der Waals surface area contributed by atoms with Crippen LogP contribution in [-0.2, 0) is 11.2 Å². The predicted octanol–water partition coefficient (Wildman–Crippen LogP) is 0.732. The summed E-state index contributed by atoms with van der Waals surface area (Å²) in [6.45, 7) is 3.99. The lowest BCUT2D eigenvalue weighted by atomic mass is 10.1. The summed E-state index contributed by atoms with van der Waals surface area (Å²) in [4.78, 5) is 0. The van der Waals surface area contributed by atoms with Crippen molar-refractivity contribution >= 4 is 11.2 Å². The Bertz CT molecular complexity index is 80.1. The fraction of sp³-hybridized carbons (Fsp3) is 0.800. The van der Waals surface area contributed by atoms with Crippen LogP contribution in [0.1, 0.15) is 13.8 Å². The van der Waals surface area contributed by atoms with Crippen LogP contribution in [0.15, 0.2) is 0 Å². The van der Waals surface area contributed by atoms with Gasteiger partial charge in [-0.3, -0.25) is 0 Å². The zero-order chi connectivity index (χ0) is 5.49. The van der Waals surface area contributed by atoms with Crippen LogP contribution in [0.5, 0.6) is 0 Å². The van der Waals surface area contributed by atoms with E-state index in [1.165, 1.54) is 0 Å². The highest BCUT2D eigenvalue weighted by Crippen LogP contribution is 2.31. The number of hydrogen-bond donors (Lipinski definition) is 0. The first-order valence-electron chi connectivity index (χ1n) is 2.36. The van der Waals surface area contributed by atoms with E-state index in [9.17, 15) is 4.55 Å². The zero-order valence-electron chi connectivity index (χ0n) is 4.60. The van der Waals surface area contributed by atoms with Gasteiger partial charge in [0.25, 0.3) is 0 Å². The fourth-order valence-electron chi connectivity index (χ4n) is 0.485. The molecule has 1 unspecified atom stereocenters. The highest BCUT2D eigenvalue weighted by molar-refractivity contribution is 7.94. The van der Waals surface area contributed by atoms with Gasteiger partial charge >= 0.3 is 0 Å². The third-order valence-electron chi connectivity index (χ3n) is 1.31. The molecule has 1 atom stereocenters. The molecule has 1 radical (unpaired) electrons. The summed E-state index contributed by atoms with van der Waals surface area (Å²) in [6.07, 6.45) is 2.09. The molecule has 0 bridgehead atoms. The second kappa shape index (κ2) is 1.39. The lowest BCUT2D eigenvalue weighted by molar-refractivity contribution is 0.544. The van der Waals surface area contributed by atoms with Gasteiger partial charge in [-0.05, 0) is 25.0 Å². The third kappa shape index (κ3) is 0.774. The summed E-state index contributed by atoms with van der Waals surface area (Å²) in [7, 11) is 0. The minimum Gasteiger partial charge on any atom is -0.616 e. The van der Waals surface area contributed by atoms with Crippen LogP contribution in [0.25, 0.3) is 0 Å². The van der Waals surface area contributed by atoms with Gasteiger partial charge in [0.1, 0.15) is 10.5 Å². The van der Waals surface area contributed by atoms with Crippen molar-refractivity contribution in [2.24, 2.45) is 0 Å². The lowest BCUT2D eigenvalue weighted by Crippen LogP contribution is -2.46. The molecule has 0 aliphatic carbocycles. The van der Waals surface area contributed by atoms with E-state index in [1.54, 1.807) is 0 Å². The van der Waals surface area contributed by atoms with Crippen LogP contribution in [0.4, 0.5) is 0 Å². The maximum atomic E-state index is 10.6. The van der Waals surface area contributed by atoms with E-state index >= 15 is 0 Å². The summed E-state index contributed by atoms with van der Waals surface area (Å²) in [5.74, 6) is 0.799. The highest BCUT2D eigenvalue weighted by Gasteiger charge is 2.42. The Morgan fingerprint density at radius 2 is 2.14 bits per heavy atom. The second-order valence-electron chi connectivity index (χ2n) is 2.32. The summed E-state index contributed by atoms with van der Waals surface area (Å²) < 4.78 is 10.7. The average molecular weight is 117 g/mol. The molecular weight excluding hydrogens is 108 g/mol. The maximum Gasteiger partial charge on any atom is 0.128 e. The van der Waals surface area contributed by atoms with Gasteiger partial charge in [0.15, 0.2) is 0 Å². The van der Waals surface area contributed by atoms with Crippen molar-refractivity contribution in [1.29, 1.82) is 0 Å². The second-order valence-corrected chi connectivity index (χ2v) is 4.40. The monoisotopic (exact) mass is 117 g/mol. The smallest absolute Gasteiger partial charge is 0.128 e. The van der Waals surface area contributed by atoms with Crippen molar-refractivity contribution in [1.82, 2.24) is 0 Å². The Kier molecular flexibility index (Phi) is 1.08. The average Bonchev–Trinajstić information content (AvgIpc) is 1.63. The molecule has 1 heterocycles. The highest BCUT2D eigenvalue weighted by atomic mass is 32.2. The van der Waals surface area contributed by atoms with E-state index in [1.807, 2.05) is 13.8 Å². The molecule has 1 fully saturated rings. The van der Waals surface area contributed by atoms with Crippen molar-refractivity contribution in [2.75, 3.05) is 5.75 Å². The number of rotatable bonds is 0. The van der Waals surface area contributed by atoms with Gasteiger partial charge < -0.3 is 4.55 Å². The zero-order valence-corrected chi connectivity index (χ0v) is 5.42. The van der Waals surface area contributed by atoms with Gasteiger partial charge in [0.05, 0.1) is 6.42 Å². The van der Waals surface area contributed by atoms with Crippen LogP contribution in [0.2, 0.25) is 0 Å². The molecule has 1 aliphatic rings. The van der Waals surface area contributed by atoms with E-state index in [0.29, 0.717) is 0 Å². The fourth-order valence-corrected chi connectivity index (χ4v) is 1.45. The molecule has 0 aromatic carbocycles. The Morgan fingerprint density at radius 1 is 1.71 bits per heavy atom. The van der Waals surface area contributed by atoms with E-state index in [2.05, 4.69) is 6.42 Å². The minimum absolute atomic E-state index is 0.0278. The van der Waals surface area contributed by atoms with Crippen molar-refractivity contribution in [3.8, 4) is 0 Å². The SMILES string of the molecule is CC1(C)[CH]C[S+]1[O-]. The van der Waals surface area contributed by atoms with Crippen LogP contribution >= 0.6 is 0 Å². The molecule has 0 aromatic rings. The van der Waals surface area contributed by atoms with Gasteiger partial charge in [0, 0.05) is 0 Å². The quantitative estimate of drug-likeness (QED) is 0.429. The van der Waals surface area contributed by atoms with Crippen molar-refractivity contribution in [2.45, 2.75) is 18.6 Å². The first-order chi connectivity index (χ1) is 3.13. The van der Waals surface area contributed by atoms with E-state index in [4.69, 9.17) is 0 Å². The largest absolute Gasteiger partial charge is 0.616 e. The summed E-state index contributed by atoms with van der Waals surface area (Å²) in [5.41, 5.74) is 0. The molecule has 1 aliphatic heterocycles. The van der Waals surface area contributed by atoms with Gasteiger partial charge in [-0.25, -0.2) is 0 Å². The topological polar surface area (TPSA) is 23.1 Å². The normalized spacial score (nSPS) is 37.3. The molecule has 41 valence electrons. The molecule has 0 N–H and O–H groups in total. The molecule has 7 heavy (non-hydrogen) atoms. The third-order valence-corrected chi connectivity index (χ3v) is 3.12. The summed E-state index contributed by atoms with van der Waals surface area (Å²) >= 11 is -0.558. The van der Waals surface area contributed by atoms with Crippen LogP contribution in [0.3, 0.4) is 0 Å².